The second-order valence-corrected chi connectivity index (χ2v) is 6.41. The summed E-state index contributed by atoms with van der Waals surface area (Å²) in [6.45, 7) is 9.02. The maximum atomic E-state index is 12.9. The molecular formula is C17H11F6NS. The number of rotatable bonds is 3. The average Bonchev–Trinajstić information content (AvgIpc) is 2.52. The predicted molar refractivity (Wildman–Crippen MR) is 82.8 cm³/mol. The second kappa shape index (κ2) is 7.00. The molecule has 2 aromatic rings. The average molecular weight is 375 g/mol. The molecule has 0 aliphatic rings. The highest BCUT2D eigenvalue weighted by atomic mass is 32.2. The third-order valence-electron chi connectivity index (χ3n) is 3.28. The summed E-state index contributed by atoms with van der Waals surface area (Å²) in [5.41, 5.74) is -2.23. The van der Waals surface area contributed by atoms with Crippen molar-refractivity contribution in [1.29, 1.82) is 0 Å². The first kappa shape index (κ1) is 19.2. The van der Waals surface area contributed by atoms with Crippen LogP contribution in [0.1, 0.15) is 27.6 Å². The summed E-state index contributed by atoms with van der Waals surface area (Å²) in [6, 6.07) is 8.07. The van der Waals surface area contributed by atoms with Crippen molar-refractivity contribution in [3.63, 3.8) is 0 Å². The van der Waals surface area contributed by atoms with Crippen molar-refractivity contribution >= 4 is 11.8 Å². The highest BCUT2D eigenvalue weighted by Crippen LogP contribution is 2.42. The lowest BCUT2D eigenvalue weighted by Crippen LogP contribution is -2.12. The van der Waals surface area contributed by atoms with Crippen LogP contribution in [0.5, 0.6) is 0 Å². The summed E-state index contributed by atoms with van der Waals surface area (Å²) >= 11 is 0.900. The molecule has 0 aromatic heterocycles. The summed E-state index contributed by atoms with van der Waals surface area (Å²) in [5.74, 6) is 0. The fourth-order valence-corrected chi connectivity index (χ4v) is 2.91. The molecule has 1 nitrogen and oxygen atoms in total. The maximum Gasteiger partial charge on any atom is 0.416 e. The van der Waals surface area contributed by atoms with Gasteiger partial charge in [-0.15, -0.1) is 0 Å². The Hall–Kier alpha value is -2.14. The highest BCUT2D eigenvalue weighted by molar-refractivity contribution is 7.99. The number of aryl methyl sites for hydroxylation is 1. The SMILES string of the molecule is [C-]#[N+]C(Sc1ccc(C)cc1)c1cc(C(F)(F)F)cc(C(F)(F)F)c1. The molecule has 1 unspecified atom stereocenters. The van der Waals surface area contributed by atoms with E-state index >= 15 is 0 Å². The van der Waals surface area contributed by atoms with Crippen LogP contribution in [0.25, 0.3) is 4.85 Å². The molecule has 132 valence electrons. The summed E-state index contributed by atoms with van der Waals surface area (Å²) in [5, 5.41) is -1.22. The molecule has 2 rings (SSSR count). The van der Waals surface area contributed by atoms with Crippen molar-refractivity contribution in [1.82, 2.24) is 0 Å². The van der Waals surface area contributed by atoms with E-state index < -0.39 is 28.9 Å². The number of hydrogen-bond donors (Lipinski definition) is 0. The normalized spacial score (nSPS) is 13.4. The topological polar surface area (TPSA) is 4.36 Å². The monoisotopic (exact) mass is 375 g/mol. The first-order chi connectivity index (χ1) is 11.5. The van der Waals surface area contributed by atoms with E-state index in [0.29, 0.717) is 17.0 Å². The minimum Gasteiger partial charge on any atom is -0.296 e. The first-order valence-corrected chi connectivity index (χ1v) is 7.78. The van der Waals surface area contributed by atoms with Crippen LogP contribution in [0.2, 0.25) is 0 Å². The molecule has 0 bridgehead atoms. The summed E-state index contributed by atoms with van der Waals surface area (Å²) in [4.78, 5) is 3.78. The highest BCUT2D eigenvalue weighted by Gasteiger charge is 2.38. The van der Waals surface area contributed by atoms with E-state index in [2.05, 4.69) is 4.85 Å². The van der Waals surface area contributed by atoms with Crippen molar-refractivity contribution in [3.05, 3.63) is 76.1 Å². The minimum atomic E-state index is -4.93. The fourth-order valence-electron chi connectivity index (χ4n) is 2.04. The molecule has 1 atom stereocenters. The Kier molecular flexibility index (Phi) is 5.37. The van der Waals surface area contributed by atoms with Gasteiger partial charge in [-0.05, 0) is 49.0 Å². The van der Waals surface area contributed by atoms with E-state index in [1.54, 1.807) is 24.3 Å². The third kappa shape index (κ3) is 4.92. The zero-order valence-corrected chi connectivity index (χ0v) is 13.6. The van der Waals surface area contributed by atoms with Gasteiger partial charge in [0.25, 0.3) is 5.37 Å². The lowest BCUT2D eigenvalue weighted by Gasteiger charge is -2.15. The van der Waals surface area contributed by atoms with Gasteiger partial charge in [0.15, 0.2) is 0 Å². The summed E-state index contributed by atoms with van der Waals surface area (Å²) in [7, 11) is 0. The van der Waals surface area contributed by atoms with Crippen molar-refractivity contribution in [2.24, 2.45) is 0 Å². The molecule has 0 N–H and O–H groups in total. The number of benzene rings is 2. The Morgan fingerprint density at radius 1 is 0.880 bits per heavy atom. The van der Waals surface area contributed by atoms with Gasteiger partial charge in [-0.25, -0.2) is 6.57 Å². The summed E-state index contributed by atoms with van der Waals surface area (Å²) < 4.78 is 77.5. The van der Waals surface area contributed by atoms with E-state index in [1.807, 2.05) is 6.92 Å². The molecule has 0 amide bonds. The molecule has 8 heteroatoms. The van der Waals surface area contributed by atoms with Crippen LogP contribution in [-0.2, 0) is 12.4 Å². The van der Waals surface area contributed by atoms with Gasteiger partial charge < -0.3 is 0 Å². The predicted octanol–water partition coefficient (Wildman–Crippen LogP) is 6.74. The van der Waals surface area contributed by atoms with Crippen molar-refractivity contribution in [3.8, 4) is 0 Å². The zero-order chi connectivity index (χ0) is 18.8. The number of halogens is 6. The van der Waals surface area contributed by atoms with Gasteiger partial charge in [0, 0.05) is 10.5 Å². The van der Waals surface area contributed by atoms with Crippen LogP contribution >= 0.6 is 11.8 Å². The van der Waals surface area contributed by atoms with E-state index in [0.717, 1.165) is 17.3 Å². The smallest absolute Gasteiger partial charge is 0.296 e. The van der Waals surface area contributed by atoms with Gasteiger partial charge in [0.05, 0.1) is 11.1 Å². The van der Waals surface area contributed by atoms with Crippen molar-refractivity contribution in [2.45, 2.75) is 29.5 Å². The van der Waals surface area contributed by atoms with E-state index in [1.165, 1.54) is 0 Å². The number of thioether (sulfide) groups is 1. The van der Waals surface area contributed by atoms with Gasteiger partial charge in [-0.1, -0.05) is 17.7 Å². The van der Waals surface area contributed by atoms with Crippen LogP contribution in [0, 0.1) is 13.5 Å². The van der Waals surface area contributed by atoms with Crippen LogP contribution in [0.3, 0.4) is 0 Å². The fraction of sp³-hybridized carbons (Fsp3) is 0.235. The lowest BCUT2D eigenvalue weighted by atomic mass is 10.0. The molecule has 0 fully saturated rings. The van der Waals surface area contributed by atoms with Gasteiger partial charge in [0.1, 0.15) is 0 Å². The molecule has 0 spiro atoms. The number of alkyl halides is 6. The molecule has 0 heterocycles. The largest absolute Gasteiger partial charge is 0.416 e. The van der Waals surface area contributed by atoms with Gasteiger partial charge in [-0.3, -0.25) is 4.85 Å². The van der Waals surface area contributed by atoms with Crippen molar-refractivity contribution < 1.29 is 26.3 Å². The number of nitrogens with zero attached hydrogens (tertiary/aromatic N) is 1. The standard InChI is InChI=1S/C17H11F6NS/c1-10-3-5-14(6-4-10)25-15(24-2)11-7-12(16(18,19)20)9-13(8-11)17(21,22)23/h3-9,15H,1H3. The Labute approximate surface area is 144 Å². The molecule has 0 aliphatic carbocycles. The third-order valence-corrected chi connectivity index (χ3v) is 4.43. The molecule has 0 aliphatic heterocycles. The summed E-state index contributed by atoms with van der Waals surface area (Å²) in [6.07, 6.45) is -9.87. The lowest BCUT2D eigenvalue weighted by molar-refractivity contribution is -0.143. The van der Waals surface area contributed by atoms with E-state index in [9.17, 15) is 26.3 Å². The zero-order valence-electron chi connectivity index (χ0n) is 12.7. The van der Waals surface area contributed by atoms with E-state index in [4.69, 9.17) is 6.57 Å². The second-order valence-electron chi connectivity index (χ2n) is 5.25. The Bertz CT molecular complexity index is 755. The quantitative estimate of drug-likeness (QED) is 0.326. The van der Waals surface area contributed by atoms with Crippen LogP contribution in [0.4, 0.5) is 26.3 Å². The van der Waals surface area contributed by atoms with Crippen molar-refractivity contribution in [2.75, 3.05) is 0 Å². The molecule has 2 aromatic carbocycles. The molecular weight excluding hydrogens is 364 g/mol. The maximum absolute atomic E-state index is 12.9. The molecule has 0 saturated carbocycles. The Balaban J connectivity index is 2.47. The molecule has 0 saturated heterocycles. The van der Waals surface area contributed by atoms with Gasteiger partial charge >= 0.3 is 12.4 Å². The Morgan fingerprint density at radius 2 is 1.36 bits per heavy atom. The molecule has 0 radical (unpaired) electrons. The van der Waals surface area contributed by atoms with Crippen LogP contribution < -0.4 is 0 Å². The number of hydrogen-bond acceptors (Lipinski definition) is 1. The Morgan fingerprint density at radius 3 is 1.76 bits per heavy atom. The van der Waals surface area contributed by atoms with Crippen LogP contribution in [-0.4, -0.2) is 0 Å². The van der Waals surface area contributed by atoms with Gasteiger partial charge in [0.2, 0.25) is 0 Å². The van der Waals surface area contributed by atoms with Crippen LogP contribution in [0.15, 0.2) is 47.4 Å². The first-order valence-electron chi connectivity index (χ1n) is 6.90. The van der Waals surface area contributed by atoms with Gasteiger partial charge in [-0.2, -0.15) is 26.3 Å². The minimum absolute atomic E-state index is 0.0566. The molecule has 25 heavy (non-hydrogen) atoms. The van der Waals surface area contributed by atoms with E-state index in [-0.39, 0.29) is 11.6 Å².